The lowest BCUT2D eigenvalue weighted by atomic mass is 10.0. The molecule has 4 heteroatoms. The average molecular weight is 264 g/mol. The van der Waals surface area contributed by atoms with E-state index in [1.165, 1.54) is 0 Å². The molecule has 0 unspecified atom stereocenters. The number of aromatic nitrogens is 1. The largest absolute Gasteiger partial charge is 0.280 e. The SMILES string of the molecule is FC(F)c1nc2ccc(Cl)cc2c2ccccc12. The van der Waals surface area contributed by atoms with E-state index in [0.29, 0.717) is 15.9 Å². The van der Waals surface area contributed by atoms with Crippen LogP contribution in [0.4, 0.5) is 8.78 Å². The van der Waals surface area contributed by atoms with Gasteiger partial charge in [0.1, 0.15) is 5.69 Å². The molecule has 0 aliphatic rings. The average Bonchev–Trinajstić information content (AvgIpc) is 2.37. The Balaban J connectivity index is 2.53. The Morgan fingerprint density at radius 1 is 0.944 bits per heavy atom. The van der Waals surface area contributed by atoms with Crippen molar-refractivity contribution in [2.75, 3.05) is 0 Å². The standard InChI is InChI=1S/C14H8ClF2N/c15-8-5-6-12-11(7-8)9-3-1-2-4-10(9)13(18-12)14(16)17/h1-7,14H. The third-order valence-corrected chi connectivity index (χ3v) is 3.13. The molecule has 0 amide bonds. The second-order valence-corrected chi connectivity index (χ2v) is 4.44. The van der Waals surface area contributed by atoms with E-state index in [1.54, 1.807) is 30.3 Å². The Morgan fingerprint density at radius 3 is 2.39 bits per heavy atom. The zero-order chi connectivity index (χ0) is 12.7. The quantitative estimate of drug-likeness (QED) is 0.564. The molecule has 1 aromatic heterocycles. The predicted molar refractivity (Wildman–Crippen MR) is 69.2 cm³/mol. The highest BCUT2D eigenvalue weighted by Gasteiger charge is 2.15. The van der Waals surface area contributed by atoms with Crippen molar-refractivity contribution in [3.63, 3.8) is 0 Å². The van der Waals surface area contributed by atoms with E-state index >= 15 is 0 Å². The lowest BCUT2D eigenvalue weighted by Gasteiger charge is -2.09. The van der Waals surface area contributed by atoms with Crippen LogP contribution in [0.15, 0.2) is 42.5 Å². The number of pyridine rings is 1. The summed E-state index contributed by atoms with van der Waals surface area (Å²) in [6.45, 7) is 0. The summed E-state index contributed by atoms with van der Waals surface area (Å²) in [5.41, 5.74) is 0.355. The van der Waals surface area contributed by atoms with E-state index in [9.17, 15) is 8.78 Å². The number of nitrogens with zero attached hydrogens (tertiary/aromatic N) is 1. The molecule has 0 N–H and O–H groups in total. The minimum absolute atomic E-state index is 0.180. The first-order valence-corrected chi connectivity index (χ1v) is 5.80. The molecule has 18 heavy (non-hydrogen) atoms. The van der Waals surface area contributed by atoms with Crippen LogP contribution in [0, 0.1) is 0 Å². The molecule has 3 aromatic rings. The Hall–Kier alpha value is -1.74. The molecule has 1 nitrogen and oxygen atoms in total. The van der Waals surface area contributed by atoms with Crippen LogP contribution in [-0.4, -0.2) is 4.98 Å². The van der Waals surface area contributed by atoms with Gasteiger partial charge in [-0.1, -0.05) is 35.9 Å². The number of rotatable bonds is 1. The molecule has 2 aromatic carbocycles. The van der Waals surface area contributed by atoms with Gasteiger partial charge in [-0.2, -0.15) is 0 Å². The van der Waals surface area contributed by atoms with Crippen LogP contribution in [0.2, 0.25) is 5.02 Å². The first-order valence-electron chi connectivity index (χ1n) is 5.43. The van der Waals surface area contributed by atoms with Gasteiger partial charge in [0.2, 0.25) is 0 Å². The summed E-state index contributed by atoms with van der Waals surface area (Å²) in [6.07, 6.45) is -2.59. The second-order valence-electron chi connectivity index (χ2n) is 4.00. The van der Waals surface area contributed by atoms with Gasteiger partial charge in [-0.15, -0.1) is 0 Å². The minimum Gasteiger partial charge on any atom is -0.246 e. The molecule has 0 aliphatic carbocycles. The van der Waals surface area contributed by atoms with Crippen LogP contribution < -0.4 is 0 Å². The molecule has 0 saturated heterocycles. The smallest absolute Gasteiger partial charge is 0.246 e. The van der Waals surface area contributed by atoms with Crippen LogP contribution in [0.5, 0.6) is 0 Å². The predicted octanol–water partition coefficient (Wildman–Crippen LogP) is 4.98. The Morgan fingerprint density at radius 2 is 1.67 bits per heavy atom. The van der Waals surface area contributed by atoms with Gasteiger partial charge in [0.05, 0.1) is 5.52 Å². The summed E-state index contributed by atoms with van der Waals surface area (Å²) in [5.74, 6) is 0. The van der Waals surface area contributed by atoms with E-state index < -0.39 is 6.43 Å². The number of fused-ring (bicyclic) bond motifs is 3. The van der Waals surface area contributed by atoms with Crippen LogP contribution in [-0.2, 0) is 0 Å². The molecular weight excluding hydrogens is 256 g/mol. The minimum atomic E-state index is -2.59. The van der Waals surface area contributed by atoms with Crippen molar-refractivity contribution in [3.05, 3.63) is 53.2 Å². The maximum Gasteiger partial charge on any atom is 0.280 e. The van der Waals surface area contributed by atoms with Gasteiger partial charge < -0.3 is 0 Å². The molecule has 0 aliphatic heterocycles. The van der Waals surface area contributed by atoms with Gasteiger partial charge in [-0.3, -0.25) is 0 Å². The lowest BCUT2D eigenvalue weighted by Crippen LogP contribution is -1.94. The maximum atomic E-state index is 13.0. The van der Waals surface area contributed by atoms with Gasteiger partial charge in [-0.25, -0.2) is 13.8 Å². The van der Waals surface area contributed by atoms with E-state index in [2.05, 4.69) is 4.98 Å². The highest BCUT2D eigenvalue weighted by Crippen LogP contribution is 2.32. The van der Waals surface area contributed by atoms with Gasteiger partial charge >= 0.3 is 0 Å². The molecule has 3 rings (SSSR count). The number of alkyl halides is 2. The summed E-state index contributed by atoms with van der Waals surface area (Å²) < 4.78 is 26.0. The highest BCUT2D eigenvalue weighted by molar-refractivity contribution is 6.31. The molecule has 0 bridgehead atoms. The van der Waals surface area contributed by atoms with Crippen molar-refractivity contribution in [2.24, 2.45) is 0 Å². The van der Waals surface area contributed by atoms with Crippen molar-refractivity contribution in [3.8, 4) is 0 Å². The fourth-order valence-corrected chi connectivity index (χ4v) is 2.29. The van der Waals surface area contributed by atoms with Crippen molar-refractivity contribution >= 4 is 33.3 Å². The van der Waals surface area contributed by atoms with Crippen molar-refractivity contribution in [1.82, 2.24) is 4.98 Å². The molecule has 0 radical (unpaired) electrons. The number of benzene rings is 2. The molecule has 0 fully saturated rings. The molecule has 0 saturated carbocycles. The fourth-order valence-electron chi connectivity index (χ4n) is 2.12. The Labute approximate surface area is 107 Å². The van der Waals surface area contributed by atoms with Crippen LogP contribution >= 0.6 is 11.6 Å². The van der Waals surface area contributed by atoms with Gasteiger partial charge in [0, 0.05) is 15.8 Å². The fraction of sp³-hybridized carbons (Fsp3) is 0.0714. The topological polar surface area (TPSA) is 12.9 Å². The second kappa shape index (κ2) is 4.18. The van der Waals surface area contributed by atoms with Gasteiger partial charge in [0.25, 0.3) is 6.43 Å². The molecular formula is C14H8ClF2N. The van der Waals surface area contributed by atoms with Crippen molar-refractivity contribution < 1.29 is 8.78 Å². The normalized spacial score (nSPS) is 11.6. The van der Waals surface area contributed by atoms with E-state index in [0.717, 1.165) is 10.8 Å². The summed E-state index contributed by atoms with van der Waals surface area (Å²) in [5, 5.41) is 2.59. The summed E-state index contributed by atoms with van der Waals surface area (Å²) in [4.78, 5) is 4.04. The van der Waals surface area contributed by atoms with Crippen molar-refractivity contribution in [2.45, 2.75) is 6.43 Å². The first-order chi connectivity index (χ1) is 8.66. The van der Waals surface area contributed by atoms with E-state index in [-0.39, 0.29) is 5.69 Å². The van der Waals surface area contributed by atoms with Crippen LogP contribution in [0.1, 0.15) is 12.1 Å². The molecule has 0 spiro atoms. The molecule has 1 heterocycles. The molecule has 0 atom stereocenters. The van der Waals surface area contributed by atoms with Crippen molar-refractivity contribution in [1.29, 1.82) is 0 Å². The zero-order valence-corrected chi connectivity index (χ0v) is 9.96. The van der Waals surface area contributed by atoms with Gasteiger partial charge in [0.15, 0.2) is 0 Å². The Kier molecular flexibility index (Phi) is 2.63. The third-order valence-electron chi connectivity index (χ3n) is 2.90. The maximum absolute atomic E-state index is 13.0. The van der Waals surface area contributed by atoms with E-state index in [1.807, 2.05) is 12.1 Å². The first kappa shape index (κ1) is 11.4. The summed E-state index contributed by atoms with van der Waals surface area (Å²) >= 11 is 5.95. The number of hydrogen-bond donors (Lipinski definition) is 0. The van der Waals surface area contributed by atoms with Crippen LogP contribution in [0.3, 0.4) is 0 Å². The zero-order valence-electron chi connectivity index (χ0n) is 9.20. The highest BCUT2D eigenvalue weighted by atomic mass is 35.5. The Bertz CT molecular complexity index is 740. The lowest BCUT2D eigenvalue weighted by molar-refractivity contribution is 0.148. The third kappa shape index (κ3) is 1.71. The van der Waals surface area contributed by atoms with E-state index in [4.69, 9.17) is 11.6 Å². The number of hydrogen-bond acceptors (Lipinski definition) is 1. The van der Waals surface area contributed by atoms with Crippen LogP contribution in [0.25, 0.3) is 21.7 Å². The summed E-state index contributed by atoms with van der Waals surface area (Å²) in [6, 6.07) is 12.1. The summed E-state index contributed by atoms with van der Waals surface area (Å²) in [7, 11) is 0. The molecule has 90 valence electrons. The van der Waals surface area contributed by atoms with Gasteiger partial charge in [-0.05, 0) is 23.6 Å². The number of halogens is 3. The monoisotopic (exact) mass is 263 g/mol.